The minimum Gasteiger partial charge on any atom is -0.356 e. The molecule has 28 heavy (non-hydrogen) atoms. The monoisotopic (exact) mass is 403 g/mol. The summed E-state index contributed by atoms with van der Waals surface area (Å²) in [5.74, 6) is -1.12. The van der Waals surface area contributed by atoms with Crippen molar-refractivity contribution in [1.82, 2.24) is 30.1 Å². The first-order valence-electron chi connectivity index (χ1n) is 8.27. The van der Waals surface area contributed by atoms with E-state index in [9.17, 15) is 14.4 Å². The van der Waals surface area contributed by atoms with E-state index >= 15 is 0 Å². The van der Waals surface area contributed by atoms with Gasteiger partial charge in [-0.1, -0.05) is 12.1 Å². The van der Waals surface area contributed by atoms with Crippen LogP contribution in [0.3, 0.4) is 0 Å². The Balaban J connectivity index is 1.77. The van der Waals surface area contributed by atoms with Crippen molar-refractivity contribution in [1.29, 1.82) is 5.41 Å². The summed E-state index contributed by atoms with van der Waals surface area (Å²) in [6.07, 6.45) is 3.54. The predicted molar refractivity (Wildman–Crippen MR) is 101 cm³/mol. The van der Waals surface area contributed by atoms with Gasteiger partial charge in [-0.05, 0) is 27.9 Å². The number of hydrazine groups is 1. The zero-order chi connectivity index (χ0) is 20.1. The number of carbonyl (C=O) groups excluding carboxylic acids is 3. The minimum atomic E-state index is -0.910. The van der Waals surface area contributed by atoms with Gasteiger partial charge in [0.2, 0.25) is 0 Å². The third-order valence-electron chi connectivity index (χ3n) is 3.88. The van der Waals surface area contributed by atoms with Gasteiger partial charge in [0.1, 0.15) is 6.33 Å². The Morgan fingerprint density at radius 2 is 1.93 bits per heavy atom. The summed E-state index contributed by atoms with van der Waals surface area (Å²) in [5.41, 5.74) is 0.445. The summed E-state index contributed by atoms with van der Waals surface area (Å²) >= 11 is 0. The van der Waals surface area contributed by atoms with Crippen LogP contribution >= 0.6 is 9.39 Å². The molecule has 1 aliphatic rings. The number of fused-ring (bicyclic) bond motifs is 1. The largest absolute Gasteiger partial charge is 0.454 e. The summed E-state index contributed by atoms with van der Waals surface area (Å²) in [5, 5.41) is 14.5. The molecule has 0 fully saturated rings. The van der Waals surface area contributed by atoms with Crippen LogP contribution in [0, 0.1) is 5.41 Å². The zero-order valence-electron chi connectivity index (χ0n) is 14.7. The fraction of sp³-hybridized carbons (Fsp3) is 0.188. The number of rotatable bonds is 6. The van der Waals surface area contributed by atoms with Crippen molar-refractivity contribution in [2.75, 3.05) is 13.1 Å². The van der Waals surface area contributed by atoms with Gasteiger partial charge in [0.05, 0.1) is 17.3 Å². The first-order chi connectivity index (χ1) is 13.5. The van der Waals surface area contributed by atoms with Crippen molar-refractivity contribution >= 4 is 33.3 Å². The van der Waals surface area contributed by atoms with Gasteiger partial charge in [0, 0.05) is 19.3 Å². The minimum absolute atomic E-state index is 0.0101. The summed E-state index contributed by atoms with van der Waals surface area (Å²) in [6, 6.07) is 6.35. The number of amides is 3. The van der Waals surface area contributed by atoms with Gasteiger partial charge < -0.3 is 15.2 Å². The van der Waals surface area contributed by atoms with Gasteiger partial charge in [0.15, 0.2) is 5.96 Å². The number of carbonyl (C=O) groups is 3. The van der Waals surface area contributed by atoms with E-state index in [1.54, 1.807) is 12.1 Å². The van der Waals surface area contributed by atoms with Crippen LogP contribution in [-0.2, 0) is 0 Å². The van der Waals surface area contributed by atoms with Crippen LogP contribution in [0.15, 0.2) is 43.0 Å². The number of imidazole rings is 1. The molecule has 1 atom stereocenters. The van der Waals surface area contributed by atoms with Crippen molar-refractivity contribution < 1.29 is 19.2 Å². The third kappa shape index (κ3) is 3.94. The van der Waals surface area contributed by atoms with Crippen LogP contribution < -0.4 is 15.2 Å². The van der Waals surface area contributed by atoms with Crippen LogP contribution in [0.5, 0.6) is 0 Å². The van der Waals surface area contributed by atoms with Gasteiger partial charge in [0.25, 0.3) is 11.8 Å². The maximum atomic E-state index is 12.7. The second kappa shape index (κ2) is 8.49. The van der Waals surface area contributed by atoms with E-state index in [4.69, 9.17) is 10.2 Å². The molecule has 0 bridgehead atoms. The second-order valence-electron chi connectivity index (χ2n) is 5.67. The highest BCUT2D eigenvalue weighted by molar-refractivity contribution is 7.15. The molecule has 1 aromatic heterocycles. The first kappa shape index (κ1) is 19.3. The Bertz CT molecular complexity index is 867. The number of benzene rings is 1. The number of aromatic nitrogens is 2. The maximum Gasteiger partial charge on any atom is 0.454 e. The number of imide groups is 1. The molecule has 12 heteroatoms. The normalized spacial score (nSPS) is 12.5. The molecule has 0 spiro atoms. The van der Waals surface area contributed by atoms with Gasteiger partial charge in [-0.2, -0.15) is 9.74 Å². The quantitative estimate of drug-likeness (QED) is 0.207. The molecule has 2 aromatic rings. The van der Waals surface area contributed by atoms with E-state index < -0.39 is 17.9 Å². The highest BCUT2D eigenvalue weighted by Crippen LogP contribution is 2.24. The highest BCUT2D eigenvalue weighted by Gasteiger charge is 2.41. The zero-order valence-corrected chi connectivity index (χ0v) is 15.8. The smallest absolute Gasteiger partial charge is 0.356 e. The van der Waals surface area contributed by atoms with Crippen molar-refractivity contribution in [2.45, 2.75) is 6.42 Å². The fourth-order valence-corrected chi connectivity index (χ4v) is 2.70. The Morgan fingerprint density at radius 1 is 1.25 bits per heavy atom. The lowest BCUT2D eigenvalue weighted by Gasteiger charge is -2.28. The average Bonchev–Trinajstić information content (AvgIpc) is 3.29. The Kier molecular flexibility index (Phi) is 5.85. The molecular weight excluding hydrogens is 385 g/mol. The third-order valence-corrected chi connectivity index (χ3v) is 4.17. The van der Waals surface area contributed by atoms with Gasteiger partial charge >= 0.3 is 6.09 Å². The number of nitrogens with one attached hydrogen (secondary N) is 3. The van der Waals surface area contributed by atoms with E-state index in [-0.39, 0.29) is 23.6 Å². The summed E-state index contributed by atoms with van der Waals surface area (Å²) in [4.78, 5) is 47.0. The van der Waals surface area contributed by atoms with E-state index in [1.165, 1.54) is 30.9 Å². The molecule has 3 rings (SSSR count). The standard InChI is InChI=1S/C16H18N7O4P/c17-15(20-28)19-6-3-8-22(16(26)27-21-9-7-18-10-21)23-13(24)11-4-1-2-5-12(11)14(23)25/h1-2,4-5,7,9-10H,3,6,8,28H2,(H3,17,19,20). The van der Waals surface area contributed by atoms with Crippen LogP contribution in [0.25, 0.3) is 0 Å². The number of guanidine groups is 1. The first-order valence-corrected chi connectivity index (χ1v) is 8.85. The molecule has 0 radical (unpaired) electrons. The van der Waals surface area contributed by atoms with Crippen LogP contribution in [0.1, 0.15) is 27.1 Å². The average molecular weight is 403 g/mol. The topological polar surface area (TPSA) is 133 Å². The molecule has 3 amide bonds. The summed E-state index contributed by atoms with van der Waals surface area (Å²) in [7, 11) is 2.18. The number of hydrogen-bond donors (Lipinski definition) is 3. The maximum absolute atomic E-state index is 12.7. The van der Waals surface area contributed by atoms with E-state index in [0.29, 0.717) is 13.0 Å². The highest BCUT2D eigenvalue weighted by atomic mass is 31.0. The fourth-order valence-electron chi connectivity index (χ4n) is 2.60. The molecule has 0 saturated carbocycles. The molecule has 0 aliphatic carbocycles. The molecule has 1 unspecified atom stereocenters. The van der Waals surface area contributed by atoms with Crippen LogP contribution in [0.4, 0.5) is 4.79 Å². The van der Waals surface area contributed by atoms with Crippen molar-refractivity contribution in [2.24, 2.45) is 0 Å². The van der Waals surface area contributed by atoms with E-state index in [0.717, 1.165) is 14.7 Å². The lowest BCUT2D eigenvalue weighted by atomic mass is 10.1. The Labute approximate surface area is 162 Å². The van der Waals surface area contributed by atoms with Crippen LogP contribution in [0.2, 0.25) is 0 Å². The van der Waals surface area contributed by atoms with Gasteiger partial charge in [-0.3, -0.25) is 15.0 Å². The van der Waals surface area contributed by atoms with E-state index in [2.05, 4.69) is 24.8 Å². The molecule has 11 nitrogen and oxygen atoms in total. The van der Waals surface area contributed by atoms with Gasteiger partial charge in [-0.25, -0.2) is 14.8 Å². The molecule has 2 heterocycles. The SMILES string of the molecule is N=C(NP)NCCCN(C(=O)On1ccnc1)N1C(=O)c2ccccc2C1=O. The van der Waals surface area contributed by atoms with Crippen molar-refractivity contribution in [3.05, 3.63) is 54.1 Å². The van der Waals surface area contributed by atoms with Crippen molar-refractivity contribution in [3.8, 4) is 0 Å². The molecule has 1 aromatic carbocycles. The summed E-state index contributed by atoms with van der Waals surface area (Å²) < 4.78 is 1.07. The molecule has 0 saturated heterocycles. The molecule has 1 aliphatic heterocycles. The summed E-state index contributed by atoms with van der Waals surface area (Å²) in [6.45, 7) is 0.342. The lowest BCUT2D eigenvalue weighted by molar-refractivity contribution is -0.00474. The van der Waals surface area contributed by atoms with Crippen molar-refractivity contribution in [3.63, 3.8) is 0 Å². The van der Waals surface area contributed by atoms with E-state index in [1.807, 2.05) is 0 Å². The number of hydrogen-bond acceptors (Lipinski definition) is 6. The Morgan fingerprint density at radius 3 is 2.50 bits per heavy atom. The van der Waals surface area contributed by atoms with Gasteiger partial charge in [-0.15, -0.1) is 0 Å². The van der Waals surface area contributed by atoms with Crippen LogP contribution in [-0.4, -0.2) is 56.7 Å². The predicted octanol–water partition coefficient (Wildman–Crippen LogP) is 0.239. The second-order valence-corrected chi connectivity index (χ2v) is 5.96. The Hall–Kier alpha value is -3.46. The molecular formula is C16H18N7O4P. The number of nitrogens with zero attached hydrogens (tertiary/aromatic N) is 4. The molecule has 146 valence electrons. The molecule has 3 N–H and O–H groups in total. The lowest BCUT2D eigenvalue weighted by Crippen LogP contribution is -2.52.